The van der Waals surface area contributed by atoms with Crippen LogP contribution in [0, 0.1) is 5.41 Å². The quantitative estimate of drug-likeness (QED) is 0.109. The van der Waals surface area contributed by atoms with Crippen LogP contribution >= 0.6 is 0 Å². The average Bonchev–Trinajstić information content (AvgIpc) is 2.30. The molecular weight excluding hydrogens is 334 g/mol. The molecule has 0 fully saturated rings. The Kier molecular flexibility index (Phi) is 21.8. The van der Waals surface area contributed by atoms with Gasteiger partial charge in [-0.15, -0.1) is 0 Å². The van der Waals surface area contributed by atoms with Gasteiger partial charge < -0.3 is 41.4 Å². The van der Waals surface area contributed by atoms with E-state index in [1.807, 2.05) is 0 Å². The van der Waals surface area contributed by atoms with E-state index < -0.39 is 36.4 Å². The van der Waals surface area contributed by atoms with Crippen molar-refractivity contribution in [1.29, 1.82) is 5.41 Å². The van der Waals surface area contributed by atoms with Crippen LogP contribution in [-0.2, 0) is 14.4 Å². The molecule has 0 aliphatic heterocycles. The van der Waals surface area contributed by atoms with Gasteiger partial charge in [0.1, 0.15) is 6.04 Å². The van der Waals surface area contributed by atoms with Gasteiger partial charge in [-0.1, -0.05) is 0 Å². The maximum atomic E-state index is 10.9. The molecule has 0 aromatic carbocycles. The molecule has 23 heavy (non-hydrogen) atoms. The largest absolute Gasteiger partial charge is 1.00 e. The van der Waals surface area contributed by atoms with Crippen LogP contribution in [0.1, 0.15) is 19.3 Å². The van der Waals surface area contributed by atoms with Crippen LogP contribution in [-0.4, -0.2) is 53.1 Å². The molecule has 13 heteroatoms. The van der Waals surface area contributed by atoms with Crippen molar-refractivity contribution in [2.24, 2.45) is 5.73 Å². The third kappa shape index (κ3) is 16.2. The van der Waals surface area contributed by atoms with Gasteiger partial charge in [-0.2, -0.15) is 0 Å². The summed E-state index contributed by atoms with van der Waals surface area (Å²) in [5, 5.41) is 41.5. The molecule has 2 atom stereocenters. The summed E-state index contributed by atoms with van der Waals surface area (Å²) in [6.45, 7) is 0.233. The smallest absolute Gasteiger partial charge is 0.550 e. The third-order valence-electron chi connectivity index (χ3n) is 2.34. The number of guanidine groups is 1. The molecule has 0 bridgehead atoms. The minimum atomic E-state index is -1.72. The van der Waals surface area contributed by atoms with E-state index in [4.69, 9.17) is 16.2 Å². The molecule has 0 aliphatic carbocycles. The van der Waals surface area contributed by atoms with Crippen molar-refractivity contribution in [1.82, 2.24) is 10.6 Å². The molecule has 0 rings (SSSR count). The zero-order chi connectivity index (χ0) is 15.7. The van der Waals surface area contributed by atoms with Gasteiger partial charge in [0, 0.05) is 18.9 Å². The Bertz CT molecular complexity index is 397. The summed E-state index contributed by atoms with van der Waals surface area (Å²) in [4.78, 5) is 32.0. The predicted molar refractivity (Wildman–Crippen MR) is 65.7 cm³/mol. The summed E-state index contributed by atoms with van der Waals surface area (Å²) >= 11 is 0. The standard InChI is InChI=1S/C10H18N4O6.2Na.H2O/c11-10(12)13-3-1-2-5(8(17)18)14-6(9(19)20)4-7(15)16;;;/h5-6,14H,1-4H2,(H,15,16)(H,17,18)(H,19,20)(H4,11,12,13);;;1H2/q;2*+1;/p-2. The number of nitrogens with two attached hydrogens (primary N) is 1. The first-order valence-electron chi connectivity index (χ1n) is 5.71. The fourth-order valence-corrected chi connectivity index (χ4v) is 1.43. The van der Waals surface area contributed by atoms with Crippen molar-refractivity contribution in [2.45, 2.75) is 31.3 Å². The Morgan fingerprint density at radius 3 is 2.04 bits per heavy atom. The van der Waals surface area contributed by atoms with E-state index in [1.165, 1.54) is 0 Å². The Morgan fingerprint density at radius 1 is 1.17 bits per heavy atom. The van der Waals surface area contributed by atoms with Crippen LogP contribution in [0.4, 0.5) is 0 Å². The Balaban J connectivity index is -0.000000602. The second kappa shape index (κ2) is 16.5. The molecule has 8 N–H and O–H groups in total. The van der Waals surface area contributed by atoms with E-state index in [-0.39, 0.29) is 89.9 Å². The van der Waals surface area contributed by atoms with Crippen LogP contribution in [0.2, 0.25) is 0 Å². The topological polar surface area (TPSA) is 223 Å². The average molecular weight is 352 g/mol. The fraction of sp³-hybridized carbons (Fsp3) is 0.600. The summed E-state index contributed by atoms with van der Waals surface area (Å²) in [6, 6.07) is -2.91. The van der Waals surface area contributed by atoms with Crippen molar-refractivity contribution < 1.29 is 94.3 Å². The van der Waals surface area contributed by atoms with E-state index in [0.29, 0.717) is 0 Å². The zero-order valence-corrected chi connectivity index (χ0v) is 17.0. The molecule has 0 aliphatic rings. The molecule has 0 saturated heterocycles. The van der Waals surface area contributed by atoms with Gasteiger partial charge in [-0.05, 0) is 12.8 Å². The van der Waals surface area contributed by atoms with E-state index in [0.717, 1.165) is 0 Å². The molecule has 0 saturated carbocycles. The van der Waals surface area contributed by atoms with Crippen LogP contribution in [0.15, 0.2) is 0 Å². The van der Waals surface area contributed by atoms with Crippen molar-refractivity contribution in [2.75, 3.05) is 6.54 Å². The molecule has 0 spiro atoms. The number of hydrogen-bond donors (Lipinski definition) is 5. The van der Waals surface area contributed by atoms with Gasteiger partial charge in [0.05, 0.1) is 12.0 Å². The van der Waals surface area contributed by atoms with E-state index in [2.05, 4.69) is 10.6 Å². The van der Waals surface area contributed by atoms with Crippen molar-refractivity contribution in [3.63, 3.8) is 0 Å². The summed E-state index contributed by atoms with van der Waals surface area (Å²) < 4.78 is 0. The normalized spacial score (nSPS) is 11.5. The molecule has 0 heterocycles. The Hall–Kier alpha value is -0.400. The number of rotatable bonds is 10. The first kappa shape index (κ1) is 30.5. The van der Waals surface area contributed by atoms with Crippen LogP contribution in [0.25, 0.3) is 0 Å². The van der Waals surface area contributed by atoms with E-state index in [9.17, 15) is 24.6 Å². The maximum Gasteiger partial charge on any atom is 1.00 e. The Labute approximate surface area is 176 Å². The van der Waals surface area contributed by atoms with Crippen molar-refractivity contribution in [3.8, 4) is 0 Å². The SMILES string of the molecule is N=C(N)NCCCC(NC(CC(=O)[O-])C(=O)[O-])C(=O)O.O.[Na+].[Na+]. The van der Waals surface area contributed by atoms with E-state index in [1.54, 1.807) is 0 Å². The minimum Gasteiger partial charge on any atom is -0.550 e. The van der Waals surface area contributed by atoms with Crippen LogP contribution < -0.4 is 85.7 Å². The first-order chi connectivity index (χ1) is 9.23. The monoisotopic (exact) mass is 352 g/mol. The number of hydrogen-bond acceptors (Lipinski definition) is 7. The number of carbonyl (C=O) groups is 3. The van der Waals surface area contributed by atoms with Crippen molar-refractivity contribution >= 4 is 23.9 Å². The number of carboxylic acid groups (broad SMARTS) is 3. The molecule has 11 nitrogen and oxygen atoms in total. The number of carbonyl (C=O) groups excluding carboxylic acids is 2. The van der Waals surface area contributed by atoms with Gasteiger partial charge >= 0.3 is 65.1 Å². The molecule has 122 valence electrons. The molecule has 0 aromatic rings. The predicted octanol–water partition coefficient (Wildman–Crippen LogP) is -11.3. The first-order valence-corrected chi connectivity index (χ1v) is 5.71. The van der Waals surface area contributed by atoms with Gasteiger partial charge in [-0.25, -0.2) is 0 Å². The van der Waals surface area contributed by atoms with Gasteiger partial charge in [0.2, 0.25) is 0 Å². The number of carboxylic acids is 3. The molecular formula is C10H18N4Na2O7. The second-order valence-corrected chi connectivity index (χ2v) is 3.99. The van der Waals surface area contributed by atoms with Gasteiger partial charge in [-0.3, -0.25) is 15.5 Å². The fourth-order valence-electron chi connectivity index (χ4n) is 1.43. The second-order valence-electron chi connectivity index (χ2n) is 3.99. The van der Waals surface area contributed by atoms with Crippen LogP contribution in [0.5, 0.6) is 0 Å². The van der Waals surface area contributed by atoms with Gasteiger partial charge in [0.25, 0.3) is 0 Å². The van der Waals surface area contributed by atoms with Gasteiger partial charge in [0.15, 0.2) is 5.96 Å². The van der Waals surface area contributed by atoms with E-state index >= 15 is 0 Å². The van der Waals surface area contributed by atoms with Crippen LogP contribution in [0.3, 0.4) is 0 Å². The minimum absolute atomic E-state index is 0. The summed E-state index contributed by atoms with van der Waals surface area (Å²) in [5.41, 5.74) is 5.03. The zero-order valence-electron chi connectivity index (χ0n) is 13.0. The summed E-state index contributed by atoms with van der Waals surface area (Å²) in [7, 11) is 0. The molecule has 2 unspecified atom stereocenters. The summed E-state index contributed by atoms with van der Waals surface area (Å²) in [5.74, 6) is -4.94. The number of aliphatic carboxylic acids is 3. The molecule has 0 aromatic heterocycles. The maximum absolute atomic E-state index is 10.9. The summed E-state index contributed by atoms with van der Waals surface area (Å²) in [6.07, 6.45) is -0.584. The molecule has 0 radical (unpaired) electrons. The Morgan fingerprint density at radius 2 is 1.70 bits per heavy atom. The van der Waals surface area contributed by atoms with Crippen molar-refractivity contribution in [3.05, 3.63) is 0 Å². The third-order valence-corrected chi connectivity index (χ3v) is 2.34. The molecule has 0 amide bonds. The number of nitrogens with one attached hydrogen (secondary N) is 3.